The van der Waals surface area contributed by atoms with Crippen LogP contribution in [-0.2, 0) is 10.2 Å². The van der Waals surface area contributed by atoms with Gasteiger partial charge in [0, 0.05) is 29.4 Å². The van der Waals surface area contributed by atoms with Crippen LogP contribution in [0.3, 0.4) is 0 Å². The number of hydrogen-bond acceptors (Lipinski definition) is 8. The van der Waals surface area contributed by atoms with E-state index < -0.39 is 11.8 Å². The molecule has 0 aliphatic carbocycles. The molecule has 6 N–H and O–H groups in total. The van der Waals surface area contributed by atoms with E-state index in [-0.39, 0.29) is 28.0 Å². The zero-order chi connectivity index (χ0) is 28.1. The second-order valence-electron chi connectivity index (χ2n) is 11.0. The summed E-state index contributed by atoms with van der Waals surface area (Å²) in [5, 5.41) is 16.4. The van der Waals surface area contributed by atoms with E-state index >= 15 is 0 Å². The highest BCUT2D eigenvalue weighted by Crippen LogP contribution is 2.33. The maximum atomic E-state index is 13.2. The normalized spacial score (nSPS) is 11.9. The van der Waals surface area contributed by atoms with E-state index in [0.29, 0.717) is 29.2 Å². The molecular weight excluding hydrogens is 470 g/mol. The van der Waals surface area contributed by atoms with Crippen molar-refractivity contribution in [1.29, 1.82) is 5.26 Å². The lowest BCUT2D eigenvalue weighted by Gasteiger charge is -2.21. The van der Waals surface area contributed by atoms with Crippen LogP contribution in [0.5, 0.6) is 5.75 Å². The van der Waals surface area contributed by atoms with Crippen molar-refractivity contribution in [3.63, 3.8) is 0 Å². The summed E-state index contributed by atoms with van der Waals surface area (Å²) < 4.78 is 5.37. The molecule has 0 bridgehead atoms. The van der Waals surface area contributed by atoms with Crippen LogP contribution in [0, 0.1) is 23.7 Å². The van der Waals surface area contributed by atoms with E-state index in [1.54, 1.807) is 24.3 Å². The largest absolute Gasteiger partial charge is 0.492 e. The molecule has 10 nitrogen and oxygen atoms in total. The Bertz CT molecular complexity index is 1250. The van der Waals surface area contributed by atoms with Crippen molar-refractivity contribution in [3.05, 3.63) is 58.7 Å². The van der Waals surface area contributed by atoms with E-state index in [1.807, 2.05) is 54.5 Å². The van der Waals surface area contributed by atoms with Crippen molar-refractivity contribution in [2.24, 2.45) is 17.0 Å². The van der Waals surface area contributed by atoms with Gasteiger partial charge < -0.3 is 21.1 Å². The summed E-state index contributed by atoms with van der Waals surface area (Å²) in [6, 6.07) is 8.69. The van der Waals surface area contributed by atoms with E-state index in [1.165, 1.54) is 18.3 Å². The first kappa shape index (κ1) is 29.1. The molecule has 0 radical (unpaired) electrons. The molecule has 1 heterocycles. The van der Waals surface area contributed by atoms with Gasteiger partial charge >= 0.3 is 0 Å². The number of amides is 2. The first-order valence-electron chi connectivity index (χ1n) is 11.8. The Kier molecular flexibility index (Phi) is 8.90. The number of rotatable bonds is 7. The number of methoxy groups -OCH3 is 1. The lowest BCUT2D eigenvalue weighted by atomic mass is 9.91. The molecule has 0 fully saturated rings. The van der Waals surface area contributed by atoms with Gasteiger partial charge in [0.25, 0.3) is 11.8 Å². The molecule has 0 atom stereocenters. The van der Waals surface area contributed by atoms with Gasteiger partial charge in [-0.05, 0) is 36.1 Å². The van der Waals surface area contributed by atoms with Gasteiger partial charge in [-0.1, -0.05) is 47.6 Å². The number of aryl methyl sites for hydroxylation is 1. The van der Waals surface area contributed by atoms with Crippen LogP contribution < -0.4 is 32.0 Å². The molecule has 0 aliphatic rings. The molecule has 2 aromatic rings. The van der Waals surface area contributed by atoms with Gasteiger partial charge in [0.15, 0.2) is 11.4 Å². The molecule has 1 aromatic heterocycles. The maximum absolute atomic E-state index is 13.2. The standard InChI is InChI=1S/C27H37N7O3/c1-16-9-10-17(11-21(16)34(30)14-18(29)25(36)31-15-26(2,3)4)24(35)33-19-12-22(27(5,6)7)32-20(13-28)23(19)37-8/h9-12,14H,15,29-30H2,1-8H3,(H,31,36)(H,32,33,35)/b18-14-. The number of ether oxygens (including phenoxy) is 1. The third-order valence-corrected chi connectivity index (χ3v) is 5.37. The fourth-order valence-electron chi connectivity index (χ4n) is 3.24. The number of pyridine rings is 1. The fraction of sp³-hybridized carbons (Fsp3) is 0.407. The second kappa shape index (κ2) is 11.3. The van der Waals surface area contributed by atoms with E-state index in [4.69, 9.17) is 16.3 Å². The Morgan fingerprint density at radius 2 is 1.84 bits per heavy atom. The number of nitrogens with zero attached hydrogens (tertiary/aromatic N) is 3. The first-order chi connectivity index (χ1) is 17.1. The van der Waals surface area contributed by atoms with Gasteiger partial charge in [-0.3, -0.25) is 14.6 Å². The number of hydrogen-bond donors (Lipinski definition) is 4. The van der Waals surface area contributed by atoms with Crippen molar-refractivity contribution in [1.82, 2.24) is 10.3 Å². The van der Waals surface area contributed by atoms with E-state index in [9.17, 15) is 14.9 Å². The molecule has 10 heteroatoms. The predicted molar refractivity (Wildman–Crippen MR) is 145 cm³/mol. The molecule has 0 saturated carbocycles. The summed E-state index contributed by atoms with van der Waals surface area (Å²) in [5.41, 5.74) is 8.00. The zero-order valence-electron chi connectivity index (χ0n) is 22.8. The SMILES string of the molecule is COc1c(NC(=O)c2ccc(C)c(N(N)/C=C(\N)C(=O)NCC(C)(C)C)c2)cc(C(C)(C)C)nc1C#N. The fourth-order valence-corrected chi connectivity index (χ4v) is 3.24. The summed E-state index contributed by atoms with van der Waals surface area (Å²) in [7, 11) is 1.41. The Labute approximate surface area is 218 Å². The van der Waals surface area contributed by atoms with Gasteiger partial charge in [0.2, 0.25) is 0 Å². The Morgan fingerprint density at radius 1 is 1.19 bits per heavy atom. The Balaban J connectivity index is 2.36. The Hall–Kier alpha value is -4.10. The maximum Gasteiger partial charge on any atom is 0.268 e. The smallest absolute Gasteiger partial charge is 0.268 e. The number of benzene rings is 1. The zero-order valence-corrected chi connectivity index (χ0v) is 22.8. The van der Waals surface area contributed by atoms with Gasteiger partial charge in [-0.15, -0.1) is 0 Å². The third-order valence-electron chi connectivity index (χ3n) is 5.37. The van der Waals surface area contributed by atoms with Gasteiger partial charge in [-0.2, -0.15) is 5.26 Å². The van der Waals surface area contributed by atoms with Crippen LogP contribution in [0.4, 0.5) is 11.4 Å². The molecule has 0 saturated heterocycles. The van der Waals surface area contributed by atoms with Crippen LogP contribution in [0.25, 0.3) is 0 Å². The van der Waals surface area contributed by atoms with E-state index in [0.717, 1.165) is 5.56 Å². The van der Waals surface area contributed by atoms with Gasteiger partial charge in [0.1, 0.15) is 11.8 Å². The number of nitrogens with one attached hydrogen (secondary N) is 2. The van der Waals surface area contributed by atoms with Crippen LogP contribution in [0.15, 0.2) is 36.2 Å². The molecule has 37 heavy (non-hydrogen) atoms. The molecule has 0 spiro atoms. The highest BCUT2D eigenvalue weighted by atomic mass is 16.5. The van der Waals surface area contributed by atoms with Crippen LogP contribution in [-0.4, -0.2) is 30.5 Å². The molecule has 0 unspecified atom stereocenters. The van der Waals surface area contributed by atoms with Gasteiger partial charge in [0.05, 0.1) is 18.5 Å². The van der Waals surface area contributed by atoms with Crippen molar-refractivity contribution < 1.29 is 14.3 Å². The van der Waals surface area contributed by atoms with Crippen LogP contribution >= 0.6 is 0 Å². The number of nitrogens with two attached hydrogens (primary N) is 2. The third kappa shape index (κ3) is 7.69. The minimum atomic E-state index is -0.442. The topological polar surface area (TPSA) is 159 Å². The van der Waals surface area contributed by atoms with Crippen molar-refractivity contribution >= 4 is 23.2 Å². The minimum absolute atomic E-state index is 0.0683. The van der Waals surface area contributed by atoms with Crippen molar-refractivity contribution in [3.8, 4) is 11.8 Å². The van der Waals surface area contributed by atoms with Gasteiger partial charge in [-0.25, -0.2) is 10.8 Å². The average Bonchev–Trinajstić information content (AvgIpc) is 2.80. The average molecular weight is 508 g/mol. The van der Waals surface area contributed by atoms with Crippen LogP contribution in [0.1, 0.15) is 68.9 Å². The summed E-state index contributed by atoms with van der Waals surface area (Å²) >= 11 is 0. The monoisotopic (exact) mass is 507 g/mol. The molecular formula is C27H37N7O3. The number of hydrazine groups is 1. The number of anilines is 2. The summed E-state index contributed by atoms with van der Waals surface area (Å²) in [6.45, 7) is 14.1. The first-order valence-corrected chi connectivity index (χ1v) is 11.8. The lowest BCUT2D eigenvalue weighted by Crippen LogP contribution is -2.37. The number of carbonyl (C=O) groups excluding carboxylic acids is 2. The number of carbonyl (C=O) groups is 2. The molecule has 1 aromatic carbocycles. The number of aromatic nitrogens is 1. The molecule has 198 valence electrons. The molecule has 0 aliphatic heterocycles. The van der Waals surface area contributed by atoms with Crippen LogP contribution in [0.2, 0.25) is 0 Å². The predicted octanol–water partition coefficient (Wildman–Crippen LogP) is 3.46. The quantitative estimate of drug-likeness (QED) is 0.252. The second-order valence-corrected chi connectivity index (χ2v) is 11.0. The minimum Gasteiger partial charge on any atom is -0.492 e. The summed E-state index contributed by atoms with van der Waals surface area (Å²) in [4.78, 5) is 29.9. The lowest BCUT2D eigenvalue weighted by molar-refractivity contribution is -0.117. The molecule has 2 rings (SSSR count). The van der Waals surface area contributed by atoms with Crippen molar-refractivity contribution in [2.75, 3.05) is 24.0 Å². The van der Waals surface area contributed by atoms with E-state index in [2.05, 4.69) is 15.6 Å². The highest BCUT2D eigenvalue weighted by molar-refractivity contribution is 6.06. The highest BCUT2D eigenvalue weighted by Gasteiger charge is 2.23. The molecule has 2 amide bonds. The number of nitriles is 1. The van der Waals surface area contributed by atoms with Crippen molar-refractivity contribution in [2.45, 2.75) is 53.9 Å². The summed E-state index contributed by atoms with van der Waals surface area (Å²) in [5.74, 6) is 5.48. The Morgan fingerprint density at radius 3 is 2.38 bits per heavy atom. The summed E-state index contributed by atoms with van der Waals surface area (Å²) in [6.07, 6.45) is 1.31.